The molecule has 5 nitrogen and oxygen atoms in total. The van der Waals surface area contributed by atoms with Crippen molar-refractivity contribution in [1.29, 1.82) is 0 Å². The minimum absolute atomic E-state index is 0.165. The van der Waals surface area contributed by atoms with Gasteiger partial charge >= 0.3 is 0 Å². The monoisotopic (exact) mass is 278 g/mol. The maximum atomic E-state index is 12.2. The van der Waals surface area contributed by atoms with Gasteiger partial charge < -0.3 is 20.9 Å². The van der Waals surface area contributed by atoms with Crippen molar-refractivity contribution in [2.45, 2.75) is 31.8 Å². The van der Waals surface area contributed by atoms with E-state index in [1.54, 1.807) is 18.2 Å². The number of aliphatic hydroxyl groups is 1. The van der Waals surface area contributed by atoms with E-state index in [9.17, 15) is 9.90 Å². The third-order valence-corrected chi connectivity index (χ3v) is 3.78. The first-order valence-electron chi connectivity index (χ1n) is 7.00. The average molecular weight is 278 g/mol. The Hall–Kier alpha value is -1.75. The van der Waals surface area contributed by atoms with E-state index < -0.39 is 0 Å². The van der Waals surface area contributed by atoms with Gasteiger partial charge in [0.05, 0.1) is 18.8 Å². The molecule has 2 rings (SSSR count). The van der Waals surface area contributed by atoms with Crippen LogP contribution in [0.15, 0.2) is 18.2 Å². The zero-order valence-electron chi connectivity index (χ0n) is 11.8. The van der Waals surface area contributed by atoms with Crippen molar-refractivity contribution >= 4 is 11.6 Å². The number of carbonyl (C=O) groups excluding carboxylic acids is 1. The van der Waals surface area contributed by atoms with Gasteiger partial charge in [-0.2, -0.15) is 0 Å². The first-order valence-corrected chi connectivity index (χ1v) is 7.00. The van der Waals surface area contributed by atoms with Gasteiger partial charge in [-0.15, -0.1) is 0 Å². The maximum Gasteiger partial charge on any atom is 0.255 e. The topological polar surface area (TPSA) is 84.6 Å². The quantitative estimate of drug-likeness (QED) is 0.730. The van der Waals surface area contributed by atoms with Crippen LogP contribution in [-0.4, -0.2) is 30.8 Å². The highest BCUT2D eigenvalue weighted by molar-refractivity contribution is 5.97. The number of hydrogen-bond donors (Lipinski definition) is 3. The molecule has 1 saturated carbocycles. The number of nitrogens with one attached hydrogen (secondary N) is 1. The van der Waals surface area contributed by atoms with E-state index in [4.69, 9.17) is 10.5 Å². The Bertz CT molecular complexity index is 476. The van der Waals surface area contributed by atoms with E-state index in [2.05, 4.69) is 5.32 Å². The second-order valence-electron chi connectivity index (χ2n) is 5.36. The molecule has 1 aliphatic rings. The fraction of sp³-hybridized carbons (Fsp3) is 0.533. The molecule has 1 aromatic carbocycles. The summed E-state index contributed by atoms with van der Waals surface area (Å²) in [7, 11) is 1.52. The second kappa shape index (κ2) is 6.61. The predicted octanol–water partition coefficient (Wildman–Crippen LogP) is 1.56. The molecule has 1 amide bonds. The van der Waals surface area contributed by atoms with Gasteiger partial charge in [0, 0.05) is 18.3 Å². The van der Waals surface area contributed by atoms with Crippen LogP contribution in [0.5, 0.6) is 5.75 Å². The number of benzene rings is 1. The molecular formula is C15H22N2O3. The van der Waals surface area contributed by atoms with Crippen molar-refractivity contribution < 1.29 is 14.6 Å². The van der Waals surface area contributed by atoms with Crippen LogP contribution < -0.4 is 15.8 Å². The number of nitrogens with two attached hydrogens (primary N) is 1. The highest BCUT2D eigenvalue weighted by Crippen LogP contribution is 2.24. The Morgan fingerprint density at radius 2 is 2.30 bits per heavy atom. The molecule has 0 bridgehead atoms. The molecule has 0 aliphatic heterocycles. The molecular weight excluding hydrogens is 256 g/mol. The summed E-state index contributed by atoms with van der Waals surface area (Å²) in [5.41, 5.74) is 6.72. The Morgan fingerprint density at radius 3 is 3.00 bits per heavy atom. The summed E-state index contributed by atoms with van der Waals surface area (Å²) in [6.07, 6.45) is 3.48. The molecule has 20 heavy (non-hydrogen) atoms. The van der Waals surface area contributed by atoms with Crippen LogP contribution in [0, 0.1) is 5.92 Å². The molecule has 0 aromatic heterocycles. The van der Waals surface area contributed by atoms with E-state index in [1.807, 2.05) is 0 Å². The van der Waals surface area contributed by atoms with Crippen molar-refractivity contribution in [3.63, 3.8) is 0 Å². The molecule has 0 spiro atoms. The highest BCUT2D eigenvalue weighted by Gasteiger charge is 2.21. The lowest BCUT2D eigenvalue weighted by Crippen LogP contribution is -2.33. The van der Waals surface area contributed by atoms with Crippen LogP contribution in [0.25, 0.3) is 0 Å². The minimum Gasteiger partial charge on any atom is -0.496 e. The van der Waals surface area contributed by atoms with Crippen LogP contribution in [-0.2, 0) is 0 Å². The summed E-state index contributed by atoms with van der Waals surface area (Å²) in [5.74, 6) is 0.663. The van der Waals surface area contributed by atoms with E-state index in [1.165, 1.54) is 7.11 Å². The Balaban J connectivity index is 1.94. The van der Waals surface area contributed by atoms with Gasteiger partial charge in [0.1, 0.15) is 5.75 Å². The zero-order chi connectivity index (χ0) is 14.5. The van der Waals surface area contributed by atoms with Crippen molar-refractivity contribution in [1.82, 2.24) is 5.32 Å². The fourth-order valence-electron chi connectivity index (χ4n) is 2.68. The van der Waals surface area contributed by atoms with Gasteiger partial charge in [0.25, 0.3) is 5.91 Å². The number of hydrogen-bond acceptors (Lipinski definition) is 4. The first kappa shape index (κ1) is 14.7. The summed E-state index contributed by atoms with van der Waals surface area (Å²) in [6.45, 7) is 0.587. The Morgan fingerprint density at radius 1 is 1.50 bits per heavy atom. The van der Waals surface area contributed by atoms with Gasteiger partial charge in [-0.3, -0.25) is 4.79 Å². The van der Waals surface area contributed by atoms with Gasteiger partial charge in [0.15, 0.2) is 0 Å². The fourth-order valence-corrected chi connectivity index (χ4v) is 2.68. The summed E-state index contributed by atoms with van der Waals surface area (Å²) in [4.78, 5) is 12.2. The van der Waals surface area contributed by atoms with Crippen LogP contribution in [0.3, 0.4) is 0 Å². The number of ether oxygens (including phenoxy) is 1. The largest absolute Gasteiger partial charge is 0.496 e. The van der Waals surface area contributed by atoms with E-state index in [-0.39, 0.29) is 12.0 Å². The third-order valence-electron chi connectivity index (χ3n) is 3.78. The molecule has 110 valence electrons. The number of nitrogen functional groups attached to an aromatic ring is 1. The van der Waals surface area contributed by atoms with Gasteiger partial charge in [-0.1, -0.05) is 6.42 Å². The standard InChI is InChI=1S/C15H22N2O3/c1-20-14-8-11(16)5-6-13(14)15(19)17-9-10-3-2-4-12(18)7-10/h5-6,8,10,12,18H,2-4,7,9,16H2,1H3,(H,17,19). The minimum atomic E-state index is -0.225. The lowest BCUT2D eigenvalue weighted by Gasteiger charge is -2.26. The van der Waals surface area contributed by atoms with E-state index in [0.29, 0.717) is 29.5 Å². The SMILES string of the molecule is COc1cc(N)ccc1C(=O)NCC1CCCC(O)C1. The third kappa shape index (κ3) is 3.63. The molecule has 2 unspecified atom stereocenters. The summed E-state index contributed by atoms with van der Waals surface area (Å²) in [6, 6.07) is 4.99. The van der Waals surface area contributed by atoms with Gasteiger partial charge in [-0.25, -0.2) is 0 Å². The summed E-state index contributed by atoms with van der Waals surface area (Å²) in [5, 5.41) is 12.5. The van der Waals surface area contributed by atoms with Crippen LogP contribution >= 0.6 is 0 Å². The molecule has 0 heterocycles. The van der Waals surface area contributed by atoms with Crippen molar-refractivity contribution in [3.05, 3.63) is 23.8 Å². The van der Waals surface area contributed by atoms with Crippen LogP contribution in [0.4, 0.5) is 5.69 Å². The number of carbonyl (C=O) groups is 1. The molecule has 1 fully saturated rings. The number of rotatable bonds is 4. The van der Waals surface area contributed by atoms with E-state index in [0.717, 1.165) is 25.7 Å². The molecule has 2 atom stereocenters. The molecule has 1 aromatic rings. The average Bonchev–Trinajstić information content (AvgIpc) is 2.44. The van der Waals surface area contributed by atoms with Gasteiger partial charge in [0.2, 0.25) is 0 Å². The number of aliphatic hydroxyl groups excluding tert-OH is 1. The summed E-state index contributed by atoms with van der Waals surface area (Å²) >= 11 is 0. The van der Waals surface area contributed by atoms with Crippen molar-refractivity contribution in [3.8, 4) is 5.75 Å². The Labute approximate surface area is 119 Å². The zero-order valence-corrected chi connectivity index (χ0v) is 11.8. The second-order valence-corrected chi connectivity index (χ2v) is 5.36. The maximum absolute atomic E-state index is 12.2. The van der Waals surface area contributed by atoms with Crippen LogP contribution in [0.1, 0.15) is 36.0 Å². The molecule has 0 saturated heterocycles. The normalized spacial score (nSPS) is 22.3. The lowest BCUT2D eigenvalue weighted by molar-refractivity contribution is 0.0871. The lowest BCUT2D eigenvalue weighted by atomic mass is 9.87. The first-order chi connectivity index (χ1) is 9.60. The molecule has 0 radical (unpaired) electrons. The number of anilines is 1. The smallest absolute Gasteiger partial charge is 0.255 e. The Kier molecular flexibility index (Phi) is 4.84. The molecule has 4 N–H and O–H groups in total. The molecule has 5 heteroatoms. The number of methoxy groups -OCH3 is 1. The number of amides is 1. The van der Waals surface area contributed by atoms with E-state index >= 15 is 0 Å². The van der Waals surface area contributed by atoms with Crippen LogP contribution in [0.2, 0.25) is 0 Å². The highest BCUT2D eigenvalue weighted by atomic mass is 16.5. The van der Waals surface area contributed by atoms with Crippen molar-refractivity contribution in [2.24, 2.45) is 5.92 Å². The summed E-state index contributed by atoms with van der Waals surface area (Å²) < 4.78 is 5.18. The van der Waals surface area contributed by atoms with Gasteiger partial charge in [-0.05, 0) is 37.3 Å². The van der Waals surface area contributed by atoms with Crippen molar-refractivity contribution in [2.75, 3.05) is 19.4 Å². The predicted molar refractivity (Wildman–Crippen MR) is 77.7 cm³/mol. The molecule has 1 aliphatic carbocycles.